The van der Waals surface area contributed by atoms with Crippen molar-refractivity contribution in [3.63, 3.8) is 0 Å². The first kappa shape index (κ1) is 18.0. The number of carbonyl (C=O) groups is 1. The van der Waals surface area contributed by atoms with Crippen LogP contribution in [0.15, 0.2) is 47.0 Å². The Morgan fingerprint density at radius 1 is 1.25 bits per heavy atom. The van der Waals surface area contributed by atoms with E-state index in [-0.39, 0.29) is 12.4 Å². The molecule has 144 valence electrons. The van der Waals surface area contributed by atoms with E-state index >= 15 is 0 Å². The van der Waals surface area contributed by atoms with Crippen LogP contribution in [0, 0.1) is 5.82 Å². The minimum absolute atomic E-state index is 0.130. The van der Waals surface area contributed by atoms with Gasteiger partial charge in [0.2, 0.25) is 5.89 Å². The fraction of sp³-hybridized carbons (Fsp3) is 0.238. The lowest BCUT2D eigenvalue weighted by atomic mass is 10.0. The van der Waals surface area contributed by atoms with Gasteiger partial charge in [-0.3, -0.25) is 0 Å². The largest absolute Gasteiger partial charge is 0.444 e. The molecule has 2 aromatic heterocycles. The van der Waals surface area contributed by atoms with Crippen LogP contribution in [-0.4, -0.2) is 21.7 Å². The van der Waals surface area contributed by atoms with Crippen LogP contribution in [-0.2, 0) is 11.3 Å². The molecule has 2 aromatic carbocycles. The highest BCUT2D eigenvalue weighted by molar-refractivity contribution is 5.97. The SMILES string of the molecule is CC(C)(C)OC(=O)NCc1nc2ccc(-c3c[nH]c4cc(F)ccc34)cc2o1. The third-order valence-electron chi connectivity index (χ3n) is 4.17. The minimum Gasteiger partial charge on any atom is -0.444 e. The molecule has 2 N–H and O–H groups in total. The summed E-state index contributed by atoms with van der Waals surface area (Å²) in [6.07, 6.45) is 1.31. The molecule has 4 rings (SSSR count). The number of aromatic nitrogens is 2. The van der Waals surface area contributed by atoms with Gasteiger partial charge in [-0.2, -0.15) is 0 Å². The Balaban J connectivity index is 1.57. The molecule has 7 heteroatoms. The topological polar surface area (TPSA) is 80.1 Å². The minimum atomic E-state index is -0.567. The Kier molecular flexibility index (Phi) is 4.30. The van der Waals surface area contributed by atoms with E-state index in [0.29, 0.717) is 17.0 Å². The number of aromatic amines is 1. The smallest absolute Gasteiger partial charge is 0.408 e. The van der Waals surface area contributed by atoms with Crippen LogP contribution < -0.4 is 5.32 Å². The highest BCUT2D eigenvalue weighted by atomic mass is 19.1. The van der Waals surface area contributed by atoms with Gasteiger partial charge in [0.05, 0.1) is 6.54 Å². The Bertz CT molecular complexity index is 1170. The maximum Gasteiger partial charge on any atom is 0.408 e. The number of oxazole rings is 1. The lowest BCUT2D eigenvalue weighted by molar-refractivity contribution is 0.0519. The Hall–Kier alpha value is -3.35. The summed E-state index contributed by atoms with van der Waals surface area (Å²) in [4.78, 5) is 19.2. The zero-order chi connectivity index (χ0) is 19.9. The average Bonchev–Trinajstić information content (AvgIpc) is 3.20. The second-order valence-electron chi connectivity index (χ2n) is 7.54. The van der Waals surface area contributed by atoms with Gasteiger partial charge in [0, 0.05) is 22.7 Å². The number of hydrogen-bond donors (Lipinski definition) is 2. The normalized spacial score (nSPS) is 11.9. The Labute approximate surface area is 160 Å². The van der Waals surface area contributed by atoms with Crippen LogP contribution in [0.1, 0.15) is 26.7 Å². The maximum atomic E-state index is 13.4. The summed E-state index contributed by atoms with van der Waals surface area (Å²) in [5.74, 6) is 0.104. The second-order valence-corrected chi connectivity index (χ2v) is 7.54. The van der Waals surface area contributed by atoms with Crippen LogP contribution >= 0.6 is 0 Å². The van der Waals surface area contributed by atoms with Crippen molar-refractivity contribution in [3.05, 3.63) is 54.3 Å². The van der Waals surface area contributed by atoms with E-state index in [2.05, 4.69) is 15.3 Å². The first-order valence-electron chi connectivity index (χ1n) is 8.92. The van der Waals surface area contributed by atoms with Crippen LogP contribution in [0.5, 0.6) is 0 Å². The molecular weight excluding hydrogens is 361 g/mol. The number of H-pyrrole nitrogens is 1. The molecule has 0 unspecified atom stereocenters. The number of hydrogen-bond acceptors (Lipinski definition) is 4. The predicted molar refractivity (Wildman–Crippen MR) is 104 cm³/mol. The van der Waals surface area contributed by atoms with Crippen LogP contribution in [0.2, 0.25) is 0 Å². The molecule has 0 spiro atoms. The van der Waals surface area contributed by atoms with Crippen molar-refractivity contribution in [3.8, 4) is 11.1 Å². The van der Waals surface area contributed by atoms with Crippen molar-refractivity contribution < 1.29 is 18.3 Å². The summed E-state index contributed by atoms with van der Waals surface area (Å²) in [6.45, 7) is 5.53. The zero-order valence-corrected chi connectivity index (χ0v) is 15.8. The molecule has 0 saturated carbocycles. The summed E-state index contributed by atoms with van der Waals surface area (Å²) in [5, 5.41) is 3.55. The summed E-state index contributed by atoms with van der Waals surface area (Å²) in [7, 11) is 0. The number of benzene rings is 2. The molecule has 0 bridgehead atoms. The predicted octanol–water partition coefficient (Wildman–Crippen LogP) is 5.14. The van der Waals surface area contributed by atoms with Crippen molar-refractivity contribution in [1.82, 2.24) is 15.3 Å². The molecule has 0 saturated heterocycles. The Morgan fingerprint density at radius 2 is 2.07 bits per heavy atom. The molecule has 0 aliphatic carbocycles. The van der Waals surface area contributed by atoms with Gasteiger partial charge in [-0.15, -0.1) is 0 Å². The third-order valence-corrected chi connectivity index (χ3v) is 4.17. The summed E-state index contributed by atoms with van der Waals surface area (Å²) >= 11 is 0. The Morgan fingerprint density at radius 3 is 2.86 bits per heavy atom. The highest BCUT2D eigenvalue weighted by Crippen LogP contribution is 2.31. The molecule has 0 aliphatic rings. The van der Waals surface area contributed by atoms with Gasteiger partial charge in [-0.05, 0) is 56.7 Å². The molecule has 0 aliphatic heterocycles. The number of carbonyl (C=O) groups excluding carboxylic acids is 1. The van der Waals surface area contributed by atoms with Gasteiger partial charge in [0.1, 0.15) is 16.9 Å². The number of rotatable bonds is 3. The molecule has 28 heavy (non-hydrogen) atoms. The van der Waals surface area contributed by atoms with Crippen molar-refractivity contribution in [2.24, 2.45) is 0 Å². The number of fused-ring (bicyclic) bond motifs is 2. The third kappa shape index (κ3) is 3.69. The monoisotopic (exact) mass is 381 g/mol. The van der Waals surface area contributed by atoms with Crippen LogP contribution in [0.4, 0.5) is 9.18 Å². The molecule has 0 atom stereocenters. The number of halogens is 1. The molecule has 6 nitrogen and oxygen atoms in total. The average molecular weight is 381 g/mol. The molecular formula is C21H20FN3O3. The number of nitrogens with one attached hydrogen (secondary N) is 2. The quantitative estimate of drug-likeness (QED) is 0.515. The van der Waals surface area contributed by atoms with Crippen molar-refractivity contribution in [1.29, 1.82) is 0 Å². The summed E-state index contributed by atoms with van der Waals surface area (Å²) in [5.41, 5.74) is 3.33. The molecule has 2 heterocycles. The molecule has 4 aromatic rings. The number of alkyl carbamates (subject to hydrolysis) is 1. The number of ether oxygens (including phenoxy) is 1. The second kappa shape index (κ2) is 6.67. The van der Waals surface area contributed by atoms with E-state index in [1.54, 1.807) is 26.8 Å². The van der Waals surface area contributed by atoms with Gasteiger partial charge < -0.3 is 19.5 Å². The fourth-order valence-electron chi connectivity index (χ4n) is 3.01. The fourth-order valence-corrected chi connectivity index (χ4v) is 3.01. The van der Waals surface area contributed by atoms with E-state index in [9.17, 15) is 9.18 Å². The van der Waals surface area contributed by atoms with E-state index in [1.165, 1.54) is 12.1 Å². The van der Waals surface area contributed by atoms with E-state index < -0.39 is 11.7 Å². The van der Waals surface area contributed by atoms with E-state index in [1.807, 2.05) is 24.4 Å². The zero-order valence-electron chi connectivity index (χ0n) is 15.8. The van der Waals surface area contributed by atoms with Gasteiger partial charge in [-0.1, -0.05) is 6.07 Å². The van der Waals surface area contributed by atoms with Gasteiger partial charge in [0.25, 0.3) is 0 Å². The maximum absolute atomic E-state index is 13.4. The van der Waals surface area contributed by atoms with Gasteiger partial charge in [-0.25, -0.2) is 14.2 Å². The van der Waals surface area contributed by atoms with Gasteiger partial charge >= 0.3 is 6.09 Å². The lowest BCUT2D eigenvalue weighted by Crippen LogP contribution is -2.32. The highest BCUT2D eigenvalue weighted by Gasteiger charge is 2.17. The van der Waals surface area contributed by atoms with E-state index in [4.69, 9.17) is 9.15 Å². The molecule has 0 radical (unpaired) electrons. The van der Waals surface area contributed by atoms with Gasteiger partial charge in [0.15, 0.2) is 5.58 Å². The van der Waals surface area contributed by atoms with E-state index in [0.717, 1.165) is 22.0 Å². The van der Waals surface area contributed by atoms with Crippen molar-refractivity contribution >= 4 is 28.1 Å². The first-order chi connectivity index (χ1) is 13.3. The summed E-state index contributed by atoms with van der Waals surface area (Å²) < 4.78 is 24.4. The lowest BCUT2D eigenvalue weighted by Gasteiger charge is -2.19. The summed E-state index contributed by atoms with van der Waals surface area (Å²) in [6, 6.07) is 10.3. The van der Waals surface area contributed by atoms with Crippen molar-refractivity contribution in [2.45, 2.75) is 32.9 Å². The standard InChI is InChI=1S/C21H20FN3O3/c1-21(2,3)28-20(26)24-11-19-25-16-7-4-12(8-18(16)27-19)15-10-23-17-9-13(22)5-6-14(15)17/h4-10,23H,11H2,1-3H3,(H,24,26). The number of amides is 1. The van der Waals surface area contributed by atoms with Crippen LogP contribution in [0.3, 0.4) is 0 Å². The van der Waals surface area contributed by atoms with Crippen molar-refractivity contribution in [2.75, 3.05) is 0 Å². The van der Waals surface area contributed by atoms with Crippen LogP contribution in [0.25, 0.3) is 33.1 Å². The first-order valence-corrected chi connectivity index (χ1v) is 8.92. The number of nitrogens with zero attached hydrogens (tertiary/aromatic N) is 1. The molecule has 1 amide bonds. The molecule has 0 fully saturated rings.